The third kappa shape index (κ3) is 3.98. The lowest BCUT2D eigenvalue weighted by atomic mass is 10.0. The average Bonchev–Trinajstić information content (AvgIpc) is 3.29. The maximum atomic E-state index is 13.1. The minimum Gasteiger partial charge on any atom is -0.300 e. The highest BCUT2D eigenvalue weighted by Gasteiger charge is 2.34. The van der Waals surface area contributed by atoms with E-state index in [0.717, 1.165) is 37.1 Å². The molecule has 1 heterocycles. The van der Waals surface area contributed by atoms with E-state index in [2.05, 4.69) is 30.9 Å². The summed E-state index contributed by atoms with van der Waals surface area (Å²) >= 11 is 6.17. The van der Waals surface area contributed by atoms with Crippen LogP contribution in [0.15, 0.2) is 41.3 Å². The summed E-state index contributed by atoms with van der Waals surface area (Å²) in [5.74, 6) is 0. The molecular weight excluding hydrogens is 404 g/mol. The van der Waals surface area contributed by atoms with Gasteiger partial charge in [0.2, 0.25) is 10.0 Å². The standard InChI is InChI=1S/C23H29ClN2O2S/c1-3-9-25(10-4-2)21-13-17-11-19-15-26(16-20(19)12-18(17)14-21)29(27,28)23-8-6-5-7-22(23)24/h5-8,11-12,21H,3-4,9-10,13-16H2,1-2H3. The molecule has 156 valence electrons. The summed E-state index contributed by atoms with van der Waals surface area (Å²) in [6, 6.07) is 11.8. The smallest absolute Gasteiger partial charge is 0.245 e. The van der Waals surface area contributed by atoms with Gasteiger partial charge >= 0.3 is 0 Å². The summed E-state index contributed by atoms with van der Waals surface area (Å²) in [5, 5.41) is 0.278. The Bertz CT molecular complexity index is 965. The Kier molecular flexibility index (Phi) is 6.03. The van der Waals surface area contributed by atoms with Crippen LogP contribution in [0.4, 0.5) is 0 Å². The van der Waals surface area contributed by atoms with Crippen molar-refractivity contribution >= 4 is 21.6 Å². The Hall–Kier alpha value is -1.40. The number of rotatable bonds is 7. The third-order valence-corrected chi connectivity index (χ3v) is 8.41. The Morgan fingerprint density at radius 2 is 1.52 bits per heavy atom. The molecule has 4 nitrogen and oxygen atoms in total. The minimum atomic E-state index is -3.60. The molecule has 1 aliphatic carbocycles. The molecule has 0 radical (unpaired) electrons. The van der Waals surface area contributed by atoms with Crippen LogP contribution in [0, 0.1) is 0 Å². The van der Waals surface area contributed by atoms with E-state index in [0.29, 0.717) is 19.1 Å². The first-order chi connectivity index (χ1) is 13.9. The predicted molar refractivity (Wildman–Crippen MR) is 118 cm³/mol. The van der Waals surface area contributed by atoms with Gasteiger partial charge in [-0.25, -0.2) is 8.42 Å². The van der Waals surface area contributed by atoms with Gasteiger partial charge in [-0.1, -0.05) is 49.7 Å². The zero-order chi connectivity index (χ0) is 20.6. The predicted octanol–water partition coefficient (Wildman–Crippen LogP) is 4.63. The summed E-state index contributed by atoms with van der Waals surface area (Å²) in [5.41, 5.74) is 5.06. The SMILES string of the molecule is CCCN(CCC)C1Cc2cc3c(cc2C1)CN(S(=O)(=O)c1ccccc1Cl)C3. The molecule has 0 aromatic heterocycles. The van der Waals surface area contributed by atoms with E-state index >= 15 is 0 Å². The van der Waals surface area contributed by atoms with E-state index in [9.17, 15) is 8.42 Å². The Morgan fingerprint density at radius 1 is 0.966 bits per heavy atom. The van der Waals surface area contributed by atoms with Gasteiger partial charge < -0.3 is 0 Å². The largest absolute Gasteiger partial charge is 0.300 e. The van der Waals surface area contributed by atoms with Gasteiger partial charge in [0.1, 0.15) is 4.90 Å². The maximum Gasteiger partial charge on any atom is 0.245 e. The lowest BCUT2D eigenvalue weighted by Crippen LogP contribution is -2.37. The van der Waals surface area contributed by atoms with Crippen LogP contribution in [0.3, 0.4) is 0 Å². The molecule has 1 aliphatic heterocycles. The van der Waals surface area contributed by atoms with Crippen LogP contribution in [0.2, 0.25) is 5.02 Å². The number of hydrogen-bond acceptors (Lipinski definition) is 3. The molecule has 29 heavy (non-hydrogen) atoms. The van der Waals surface area contributed by atoms with Crippen molar-refractivity contribution in [3.05, 3.63) is 63.7 Å². The van der Waals surface area contributed by atoms with E-state index in [4.69, 9.17) is 11.6 Å². The summed E-state index contributed by atoms with van der Waals surface area (Å²) in [7, 11) is -3.60. The number of benzene rings is 2. The van der Waals surface area contributed by atoms with Crippen molar-refractivity contribution < 1.29 is 8.42 Å². The summed E-state index contributed by atoms with van der Waals surface area (Å²) in [4.78, 5) is 2.82. The van der Waals surface area contributed by atoms with Crippen LogP contribution < -0.4 is 0 Å². The fraction of sp³-hybridized carbons (Fsp3) is 0.478. The first-order valence-electron chi connectivity index (χ1n) is 10.6. The fourth-order valence-electron chi connectivity index (χ4n) is 4.75. The van der Waals surface area contributed by atoms with Gasteiger partial charge in [0.05, 0.1) is 5.02 Å². The summed E-state index contributed by atoms with van der Waals surface area (Å²) in [6.45, 7) is 7.63. The molecule has 4 rings (SSSR count). The molecule has 2 aromatic carbocycles. The molecule has 0 amide bonds. The topological polar surface area (TPSA) is 40.6 Å². The minimum absolute atomic E-state index is 0.192. The molecule has 2 aromatic rings. The van der Waals surface area contributed by atoms with E-state index in [1.165, 1.54) is 24.0 Å². The Balaban J connectivity index is 1.54. The van der Waals surface area contributed by atoms with Crippen LogP contribution in [0.25, 0.3) is 0 Å². The van der Waals surface area contributed by atoms with E-state index in [-0.39, 0.29) is 9.92 Å². The monoisotopic (exact) mass is 432 g/mol. The van der Waals surface area contributed by atoms with Crippen molar-refractivity contribution in [1.29, 1.82) is 0 Å². The molecule has 0 fully saturated rings. The van der Waals surface area contributed by atoms with Crippen molar-refractivity contribution in [3.63, 3.8) is 0 Å². The van der Waals surface area contributed by atoms with Crippen LogP contribution in [0.1, 0.15) is 48.9 Å². The number of hydrogen-bond donors (Lipinski definition) is 0. The molecule has 2 aliphatic rings. The molecule has 6 heteroatoms. The van der Waals surface area contributed by atoms with E-state index < -0.39 is 10.0 Å². The highest BCUT2D eigenvalue weighted by Crippen LogP contribution is 2.36. The van der Waals surface area contributed by atoms with Crippen LogP contribution in [-0.2, 0) is 36.0 Å². The quantitative estimate of drug-likeness (QED) is 0.640. The van der Waals surface area contributed by atoms with E-state index in [1.807, 2.05) is 0 Å². The van der Waals surface area contributed by atoms with Gasteiger partial charge in [-0.3, -0.25) is 4.90 Å². The van der Waals surface area contributed by atoms with Gasteiger partial charge in [0.25, 0.3) is 0 Å². The number of nitrogens with zero attached hydrogens (tertiary/aromatic N) is 2. The number of fused-ring (bicyclic) bond motifs is 2. The summed E-state index contributed by atoms with van der Waals surface area (Å²) in [6.07, 6.45) is 4.50. The molecule has 0 saturated heterocycles. The van der Waals surface area contributed by atoms with Crippen molar-refractivity contribution in [3.8, 4) is 0 Å². The van der Waals surface area contributed by atoms with Gasteiger partial charge in [-0.2, -0.15) is 4.31 Å². The molecule has 0 unspecified atom stereocenters. The second-order valence-corrected chi connectivity index (χ2v) is 10.5. The Labute approximate surface area is 179 Å². The van der Waals surface area contributed by atoms with Crippen molar-refractivity contribution in [2.45, 2.75) is 63.6 Å². The van der Waals surface area contributed by atoms with Gasteiger partial charge in [-0.05, 0) is 73.2 Å². The first-order valence-corrected chi connectivity index (χ1v) is 12.4. The average molecular weight is 433 g/mol. The lowest BCUT2D eigenvalue weighted by Gasteiger charge is -2.27. The van der Waals surface area contributed by atoms with Gasteiger partial charge in [0.15, 0.2) is 0 Å². The summed E-state index contributed by atoms with van der Waals surface area (Å²) < 4.78 is 27.7. The van der Waals surface area contributed by atoms with E-state index in [1.54, 1.807) is 28.6 Å². The molecule has 0 saturated carbocycles. The van der Waals surface area contributed by atoms with Crippen molar-refractivity contribution in [1.82, 2.24) is 9.21 Å². The van der Waals surface area contributed by atoms with Crippen molar-refractivity contribution in [2.75, 3.05) is 13.1 Å². The second-order valence-electron chi connectivity index (χ2n) is 8.19. The zero-order valence-electron chi connectivity index (χ0n) is 17.2. The molecular formula is C23H29ClN2O2S. The van der Waals surface area contributed by atoms with Gasteiger partial charge in [0, 0.05) is 19.1 Å². The fourth-order valence-corrected chi connectivity index (χ4v) is 6.64. The molecule has 0 N–H and O–H groups in total. The highest BCUT2D eigenvalue weighted by atomic mass is 35.5. The lowest BCUT2D eigenvalue weighted by molar-refractivity contribution is 0.202. The molecule has 0 spiro atoms. The third-order valence-electron chi connectivity index (χ3n) is 6.12. The normalized spacial score (nSPS) is 17.1. The number of sulfonamides is 1. The van der Waals surface area contributed by atoms with Gasteiger partial charge in [-0.15, -0.1) is 0 Å². The Morgan fingerprint density at radius 3 is 2.03 bits per heavy atom. The zero-order valence-corrected chi connectivity index (χ0v) is 18.8. The van der Waals surface area contributed by atoms with Crippen molar-refractivity contribution in [2.24, 2.45) is 0 Å². The molecule has 0 atom stereocenters. The van der Waals surface area contributed by atoms with Crippen LogP contribution in [0.5, 0.6) is 0 Å². The molecule has 0 bridgehead atoms. The maximum absolute atomic E-state index is 13.1. The van der Waals surface area contributed by atoms with Crippen LogP contribution >= 0.6 is 11.6 Å². The first kappa shape index (κ1) is 20.9. The highest BCUT2D eigenvalue weighted by molar-refractivity contribution is 7.89. The van der Waals surface area contributed by atoms with Crippen LogP contribution in [-0.4, -0.2) is 36.8 Å². The second kappa shape index (κ2) is 8.38. The number of halogens is 1.